The Morgan fingerprint density at radius 2 is 2.07 bits per heavy atom. The summed E-state index contributed by atoms with van der Waals surface area (Å²) in [6.07, 6.45) is 4.63. The number of nitrogens with one attached hydrogen (secondary N) is 1. The molecule has 0 aliphatic carbocycles. The number of nitrogens with two attached hydrogens (primary N) is 1. The van der Waals surface area contributed by atoms with Gasteiger partial charge in [0, 0.05) is 30.9 Å². The minimum atomic E-state index is 0.408. The molecule has 0 aromatic carbocycles. The second-order valence-electron chi connectivity index (χ2n) is 7.07. The summed E-state index contributed by atoms with van der Waals surface area (Å²) in [6, 6.07) is 5.89. The van der Waals surface area contributed by atoms with Gasteiger partial charge in [0.05, 0.1) is 16.9 Å². The molecule has 0 saturated heterocycles. The number of hydrogen-bond acceptors (Lipinski definition) is 5. The minimum absolute atomic E-state index is 0.408. The number of rotatable bonds is 7. The predicted molar refractivity (Wildman–Crippen MR) is 115 cm³/mol. The molecule has 8 heteroatoms. The van der Waals surface area contributed by atoms with Crippen molar-refractivity contribution in [1.29, 1.82) is 0 Å². The quantitative estimate of drug-likeness (QED) is 0.471. The normalized spacial score (nSPS) is 11.2. The first-order valence-corrected chi connectivity index (χ1v) is 9.52. The molecule has 148 valence electrons. The molecule has 0 aliphatic heterocycles. The van der Waals surface area contributed by atoms with Crippen LogP contribution in [0.3, 0.4) is 0 Å². The van der Waals surface area contributed by atoms with Gasteiger partial charge in [-0.15, -0.1) is 6.58 Å². The Morgan fingerprint density at radius 1 is 1.24 bits per heavy atom. The van der Waals surface area contributed by atoms with Crippen LogP contribution >= 0.6 is 0 Å². The molecule has 0 radical (unpaired) electrons. The standard InChI is InChI=1S/C21H24N8/c1-5-28-10-8-15-18(28)12-16(14(4)22)24-19(15)21-25-20(26-27-21)17-6-9-23-29(17)11-7-13(2)3/h6,8-10,12H,2,4-5,7,11,22H2,1,3H3,(H,25,26,27). The highest BCUT2D eigenvalue weighted by atomic mass is 15.3. The van der Waals surface area contributed by atoms with Gasteiger partial charge in [-0.25, -0.2) is 9.97 Å². The Hall–Kier alpha value is -3.68. The van der Waals surface area contributed by atoms with Crippen molar-refractivity contribution in [3.8, 4) is 23.0 Å². The van der Waals surface area contributed by atoms with Gasteiger partial charge in [-0.3, -0.25) is 9.78 Å². The lowest BCUT2D eigenvalue weighted by atomic mass is 10.2. The first kappa shape index (κ1) is 18.7. The van der Waals surface area contributed by atoms with Gasteiger partial charge in [-0.1, -0.05) is 12.2 Å². The molecule has 0 amide bonds. The summed E-state index contributed by atoms with van der Waals surface area (Å²) in [5, 5.41) is 12.8. The van der Waals surface area contributed by atoms with Crippen LogP contribution in [0, 0.1) is 0 Å². The highest BCUT2D eigenvalue weighted by molar-refractivity contribution is 5.93. The molecule has 4 aromatic rings. The summed E-state index contributed by atoms with van der Waals surface area (Å²) in [5.41, 5.74) is 10.6. The van der Waals surface area contributed by atoms with Crippen molar-refractivity contribution < 1.29 is 0 Å². The van der Waals surface area contributed by atoms with Crippen molar-refractivity contribution in [2.45, 2.75) is 33.4 Å². The summed E-state index contributed by atoms with van der Waals surface area (Å²) in [7, 11) is 0. The van der Waals surface area contributed by atoms with Crippen molar-refractivity contribution in [2.75, 3.05) is 0 Å². The fraction of sp³-hybridized carbons (Fsp3) is 0.238. The highest BCUT2D eigenvalue weighted by Gasteiger charge is 2.18. The largest absolute Gasteiger partial charge is 0.397 e. The molecule has 4 aromatic heterocycles. The van der Waals surface area contributed by atoms with E-state index in [0.29, 0.717) is 28.7 Å². The SMILES string of the molecule is C=C(C)CCn1nccc1-c1nc(-c2nc(C(=C)N)cc3c2ccn3CC)n[nH]1. The van der Waals surface area contributed by atoms with E-state index >= 15 is 0 Å². The summed E-state index contributed by atoms with van der Waals surface area (Å²) in [4.78, 5) is 9.38. The van der Waals surface area contributed by atoms with Crippen LogP contribution in [0.1, 0.15) is 26.0 Å². The van der Waals surface area contributed by atoms with Crippen molar-refractivity contribution in [3.63, 3.8) is 0 Å². The third kappa shape index (κ3) is 3.44. The van der Waals surface area contributed by atoms with Gasteiger partial charge < -0.3 is 10.3 Å². The van der Waals surface area contributed by atoms with Crippen molar-refractivity contribution in [2.24, 2.45) is 5.73 Å². The predicted octanol–water partition coefficient (Wildman–Crippen LogP) is 3.60. The zero-order chi connectivity index (χ0) is 20.5. The fourth-order valence-corrected chi connectivity index (χ4v) is 3.29. The number of aryl methyl sites for hydroxylation is 2. The number of allylic oxidation sites excluding steroid dienone is 1. The maximum absolute atomic E-state index is 5.94. The van der Waals surface area contributed by atoms with Crippen LogP contribution in [-0.4, -0.2) is 34.5 Å². The minimum Gasteiger partial charge on any atom is -0.397 e. The van der Waals surface area contributed by atoms with Crippen LogP contribution in [-0.2, 0) is 13.1 Å². The zero-order valence-corrected chi connectivity index (χ0v) is 16.7. The molecule has 8 nitrogen and oxygen atoms in total. The number of H-pyrrole nitrogens is 1. The van der Waals surface area contributed by atoms with Crippen LogP contribution in [0.5, 0.6) is 0 Å². The Bertz CT molecular complexity index is 1210. The van der Waals surface area contributed by atoms with Gasteiger partial charge >= 0.3 is 0 Å². The van der Waals surface area contributed by atoms with Gasteiger partial charge in [0.2, 0.25) is 5.82 Å². The average Bonchev–Trinajstić information content (AvgIpc) is 3.43. The molecule has 0 fully saturated rings. The van der Waals surface area contributed by atoms with E-state index in [1.165, 1.54) is 0 Å². The zero-order valence-electron chi connectivity index (χ0n) is 16.7. The van der Waals surface area contributed by atoms with E-state index in [1.54, 1.807) is 6.20 Å². The molecular weight excluding hydrogens is 364 g/mol. The fourth-order valence-electron chi connectivity index (χ4n) is 3.29. The molecule has 0 saturated carbocycles. The number of nitrogens with zero attached hydrogens (tertiary/aromatic N) is 6. The Kier molecular flexibility index (Phi) is 4.75. The topological polar surface area (TPSA) is 103 Å². The van der Waals surface area contributed by atoms with Crippen LogP contribution in [0.2, 0.25) is 0 Å². The third-order valence-electron chi connectivity index (χ3n) is 4.84. The lowest BCUT2D eigenvalue weighted by molar-refractivity contribution is 0.617. The number of aromatic nitrogens is 7. The van der Waals surface area contributed by atoms with E-state index in [9.17, 15) is 0 Å². The smallest absolute Gasteiger partial charge is 0.200 e. The monoisotopic (exact) mass is 388 g/mol. The molecule has 4 rings (SSSR count). The summed E-state index contributed by atoms with van der Waals surface area (Å²) < 4.78 is 4.03. The maximum atomic E-state index is 5.94. The van der Waals surface area contributed by atoms with E-state index in [-0.39, 0.29) is 0 Å². The first-order valence-electron chi connectivity index (χ1n) is 9.52. The average molecular weight is 388 g/mol. The molecule has 3 N–H and O–H groups in total. The van der Waals surface area contributed by atoms with Crippen LogP contribution in [0.25, 0.3) is 39.6 Å². The summed E-state index contributed by atoms with van der Waals surface area (Å²) in [5.74, 6) is 1.15. The lowest BCUT2D eigenvalue weighted by Gasteiger charge is -2.07. The van der Waals surface area contributed by atoms with Gasteiger partial charge in [0.25, 0.3) is 0 Å². The Balaban J connectivity index is 1.78. The van der Waals surface area contributed by atoms with Crippen molar-refractivity contribution >= 4 is 16.6 Å². The molecule has 29 heavy (non-hydrogen) atoms. The van der Waals surface area contributed by atoms with E-state index in [2.05, 4.69) is 44.9 Å². The molecule has 4 heterocycles. The first-order chi connectivity index (χ1) is 14.0. The summed E-state index contributed by atoms with van der Waals surface area (Å²) in [6.45, 7) is 13.5. The van der Waals surface area contributed by atoms with Gasteiger partial charge in [0.1, 0.15) is 11.4 Å². The number of aromatic amines is 1. The number of hydrogen-bond donors (Lipinski definition) is 2. The molecule has 0 spiro atoms. The second-order valence-corrected chi connectivity index (χ2v) is 7.07. The van der Waals surface area contributed by atoms with Crippen molar-refractivity contribution in [1.82, 2.24) is 34.5 Å². The van der Waals surface area contributed by atoms with E-state index < -0.39 is 0 Å². The lowest BCUT2D eigenvalue weighted by Crippen LogP contribution is -2.03. The van der Waals surface area contributed by atoms with E-state index in [0.717, 1.165) is 41.7 Å². The maximum Gasteiger partial charge on any atom is 0.200 e. The van der Waals surface area contributed by atoms with Crippen LogP contribution in [0.4, 0.5) is 0 Å². The second kappa shape index (κ2) is 7.38. The molecule has 0 bridgehead atoms. The van der Waals surface area contributed by atoms with E-state index in [4.69, 9.17) is 10.7 Å². The third-order valence-corrected chi connectivity index (χ3v) is 4.84. The van der Waals surface area contributed by atoms with Crippen molar-refractivity contribution in [3.05, 3.63) is 55.0 Å². The molecule has 0 unspecified atom stereocenters. The van der Waals surface area contributed by atoms with Gasteiger partial charge in [-0.05, 0) is 38.5 Å². The molecule has 0 atom stereocenters. The van der Waals surface area contributed by atoms with E-state index in [1.807, 2.05) is 36.0 Å². The van der Waals surface area contributed by atoms with Crippen LogP contribution < -0.4 is 5.73 Å². The van der Waals surface area contributed by atoms with Gasteiger partial charge in [0.15, 0.2) is 5.82 Å². The Morgan fingerprint density at radius 3 is 2.79 bits per heavy atom. The van der Waals surface area contributed by atoms with Gasteiger partial charge in [-0.2, -0.15) is 10.2 Å². The highest BCUT2D eigenvalue weighted by Crippen LogP contribution is 2.29. The summed E-state index contributed by atoms with van der Waals surface area (Å²) >= 11 is 0. The number of fused-ring (bicyclic) bond motifs is 1. The Labute approximate surface area is 168 Å². The number of pyridine rings is 1. The molecule has 0 aliphatic rings. The molecular formula is C21H24N8. The van der Waals surface area contributed by atoms with Crippen LogP contribution in [0.15, 0.2) is 49.3 Å².